The number of nitrogens with one attached hydrogen (secondary N) is 1. The average Bonchev–Trinajstić information content (AvgIpc) is 2.45. The average molecular weight is 297 g/mol. The normalized spacial score (nSPS) is 13.3. The third-order valence-corrected chi connectivity index (χ3v) is 2.97. The summed E-state index contributed by atoms with van der Waals surface area (Å²) in [5, 5.41) is 11.5. The molecule has 6 heteroatoms. The fourth-order valence-corrected chi connectivity index (χ4v) is 1.74. The van der Waals surface area contributed by atoms with Gasteiger partial charge in [0.05, 0.1) is 0 Å². The molecule has 0 radical (unpaired) electrons. The topological polar surface area (TPSA) is 75.6 Å². The van der Waals surface area contributed by atoms with Crippen molar-refractivity contribution in [1.82, 2.24) is 5.32 Å². The second kappa shape index (κ2) is 8.24. The van der Waals surface area contributed by atoms with Gasteiger partial charge in [-0.25, -0.2) is 9.18 Å². The Morgan fingerprint density at radius 2 is 2.05 bits per heavy atom. The van der Waals surface area contributed by atoms with E-state index in [2.05, 4.69) is 5.32 Å². The van der Waals surface area contributed by atoms with E-state index in [4.69, 9.17) is 9.84 Å². The van der Waals surface area contributed by atoms with Crippen LogP contribution in [0.5, 0.6) is 5.75 Å². The third-order valence-electron chi connectivity index (χ3n) is 2.97. The molecule has 0 spiro atoms. The van der Waals surface area contributed by atoms with Gasteiger partial charge in [-0.2, -0.15) is 0 Å². The molecule has 1 aromatic carbocycles. The molecule has 1 amide bonds. The Kier molecular flexibility index (Phi) is 6.65. The molecule has 0 saturated carbocycles. The highest BCUT2D eigenvalue weighted by Crippen LogP contribution is 2.17. The number of carboxylic acid groups (broad SMARTS) is 1. The van der Waals surface area contributed by atoms with Crippen molar-refractivity contribution in [3.63, 3.8) is 0 Å². The quantitative estimate of drug-likeness (QED) is 0.772. The van der Waals surface area contributed by atoms with Gasteiger partial charge >= 0.3 is 5.97 Å². The number of amides is 1. The molecular formula is C15H20FNO4. The third kappa shape index (κ3) is 5.41. The van der Waals surface area contributed by atoms with Gasteiger partial charge in [-0.1, -0.05) is 31.9 Å². The van der Waals surface area contributed by atoms with Crippen LogP contribution in [-0.2, 0) is 9.59 Å². The number of para-hydroxylation sites is 1. The van der Waals surface area contributed by atoms with Crippen LogP contribution < -0.4 is 10.1 Å². The highest BCUT2D eigenvalue weighted by molar-refractivity contribution is 5.86. The monoisotopic (exact) mass is 297 g/mol. The zero-order valence-corrected chi connectivity index (χ0v) is 12.1. The molecule has 116 valence electrons. The maximum atomic E-state index is 13.4. The zero-order chi connectivity index (χ0) is 15.8. The molecule has 2 atom stereocenters. The lowest BCUT2D eigenvalue weighted by Crippen LogP contribution is -2.46. The fourth-order valence-electron chi connectivity index (χ4n) is 1.74. The molecular weight excluding hydrogens is 277 g/mol. The number of aliphatic carboxylic acids is 1. The lowest BCUT2D eigenvalue weighted by molar-refractivity contribution is -0.143. The Morgan fingerprint density at radius 1 is 1.38 bits per heavy atom. The van der Waals surface area contributed by atoms with E-state index in [0.29, 0.717) is 12.8 Å². The Hall–Kier alpha value is -2.11. The summed E-state index contributed by atoms with van der Waals surface area (Å²) in [5.41, 5.74) is 0. The second-order valence-electron chi connectivity index (χ2n) is 4.73. The Balaban J connectivity index is 2.61. The number of carbonyl (C=O) groups excluding carboxylic acids is 1. The van der Waals surface area contributed by atoms with Crippen LogP contribution in [0, 0.1) is 5.82 Å². The molecule has 0 saturated heterocycles. The second-order valence-corrected chi connectivity index (χ2v) is 4.73. The summed E-state index contributed by atoms with van der Waals surface area (Å²) >= 11 is 0. The van der Waals surface area contributed by atoms with Crippen LogP contribution in [0.3, 0.4) is 0 Å². The molecule has 2 N–H and O–H groups in total. The molecule has 5 nitrogen and oxygen atoms in total. The molecule has 1 rings (SSSR count). The number of hydrogen-bond donors (Lipinski definition) is 2. The van der Waals surface area contributed by atoms with Crippen molar-refractivity contribution in [3.8, 4) is 5.75 Å². The van der Waals surface area contributed by atoms with E-state index in [1.54, 1.807) is 6.07 Å². The molecule has 21 heavy (non-hydrogen) atoms. The predicted molar refractivity (Wildman–Crippen MR) is 75.6 cm³/mol. The molecule has 0 aliphatic heterocycles. The van der Waals surface area contributed by atoms with E-state index in [-0.39, 0.29) is 5.75 Å². The number of rotatable bonds is 8. The van der Waals surface area contributed by atoms with Crippen LogP contribution >= 0.6 is 0 Å². The van der Waals surface area contributed by atoms with Gasteiger partial charge in [0.2, 0.25) is 0 Å². The highest BCUT2D eigenvalue weighted by atomic mass is 19.1. The number of ether oxygens (including phenoxy) is 1. The lowest BCUT2D eigenvalue weighted by Gasteiger charge is -2.19. The van der Waals surface area contributed by atoms with Gasteiger partial charge in [0.25, 0.3) is 5.91 Å². The minimum absolute atomic E-state index is 0.0411. The van der Waals surface area contributed by atoms with E-state index in [0.717, 1.165) is 6.42 Å². The predicted octanol–water partition coefficient (Wildman–Crippen LogP) is 2.35. The van der Waals surface area contributed by atoms with Crippen LogP contribution in [0.25, 0.3) is 0 Å². The molecule has 0 bridgehead atoms. The summed E-state index contributed by atoms with van der Waals surface area (Å²) in [6.45, 7) is 3.38. The van der Waals surface area contributed by atoms with E-state index in [1.807, 2.05) is 6.92 Å². The van der Waals surface area contributed by atoms with Crippen molar-refractivity contribution in [2.24, 2.45) is 0 Å². The first-order valence-corrected chi connectivity index (χ1v) is 6.90. The minimum atomic E-state index is -1.09. The number of benzene rings is 1. The summed E-state index contributed by atoms with van der Waals surface area (Å²) in [6.07, 6.45) is 0.899. The van der Waals surface area contributed by atoms with Crippen molar-refractivity contribution >= 4 is 11.9 Å². The summed E-state index contributed by atoms with van der Waals surface area (Å²) in [5.74, 6) is -2.28. The number of hydrogen-bond acceptors (Lipinski definition) is 3. The highest BCUT2D eigenvalue weighted by Gasteiger charge is 2.23. The van der Waals surface area contributed by atoms with Gasteiger partial charge in [-0.05, 0) is 25.5 Å². The first-order valence-electron chi connectivity index (χ1n) is 6.90. The number of unbranched alkanes of at least 4 members (excludes halogenated alkanes) is 1. The number of halogens is 1. The maximum absolute atomic E-state index is 13.4. The van der Waals surface area contributed by atoms with Crippen LogP contribution in [-0.4, -0.2) is 29.1 Å². The van der Waals surface area contributed by atoms with Crippen LogP contribution in [0.4, 0.5) is 4.39 Å². The van der Waals surface area contributed by atoms with E-state index < -0.39 is 29.8 Å². The van der Waals surface area contributed by atoms with Crippen molar-refractivity contribution in [2.75, 3.05) is 0 Å². The summed E-state index contributed by atoms with van der Waals surface area (Å²) in [4.78, 5) is 23.0. The minimum Gasteiger partial charge on any atom is -0.480 e. The number of carbonyl (C=O) groups is 2. The van der Waals surface area contributed by atoms with Gasteiger partial charge in [0.1, 0.15) is 6.04 Å². The van der Waals surface area contributed by atoms with Crippen molar-refractivity contribution in [2.45, 2.75) is 45.3 Å². The maximum Gasteiger partial charge on any atom is 0.326 e. The summed E-state index contributed by atoms with van der Waals surface area (Å²) in [7, 11) is 0. The van der Waals surface area contributed by atoms with Crippen molar-refractivity contribution in [1.29, 1.82) is 0 Å². The molecule has 0 aliphatic carbocycles. The summed E-state index contributed by atoms with van der Waals surface area (Å²) < 4.78 is 18.6. The summed E-state index contributed by atoms with van der Waals surface area (Å²) in [6, 6.07) is 4.78. The van der Waals surface area contributed by atoms with Crippen LogP contribution in [0.2, 0.25) is 0 Å². The van der Waals surface area contributed by atoms with Gasteiger partial charge < -0.3 is 15.2 Å². The van der Waals surface area contributed by atoms with E-state index >= 15 is 0 Å². The van der Waals surface area contributed by atoms with Gasteiger partial charge in [-0.3, -0.25) is 4.79 Å². The standard InChI is InChI=1S/C15H20FNO4/c1-3-4-8-12(15(19)20)17-14(18)10(2)21-13-9-6-5-7-11(13)16/h5-7,9-10,12H,3-4,8H2,1-2H3,(H,17,18)(H,19,20). The molecule has 2 unspecified atom stereocenters. The van der Waals surface area contributed by atoms with Crippen LogP contribution in [0.15, 0.2) is 24.3 Å². The first-order chi connectivity index (χ1) is 9.95. The molecule has 1 aromatic rings. The SMILES string of the molecule is CCCCC(NC(=O)C(C)Oc1ccccc1F)C(=O)O. The Bertz CT molecular complexity index is 492. The van der Waals surface area contributed by atoms with Gasteiger partial charge in [0.15, 0.2) is 17.7 Å². The first kappa shape index (κ1) is 16.9. The Labute approximate surface area is 123 Å². The number of carboxylic acids is 1. The molecule has 0 aliphatic rings. The van der Waals surface area contributed by atoms with E-state index in [9.17, 15) is 14.0 Å². The molecule has 0 fully saturated rings. The van der Waals surface area contributed by atoms with Crippen molar-refractivity contribution < 1.29 is 23.8 Å². The molecule has 0 aromatic heterocycles. The Morgan fingerprint density at radius 3 is 2.62 bits per heavy atom. The smallest absolute Gasteiger partial charge is 0.326 e. The lowest BCUT2D eigenvalue weighted by atomic mass is 10.1. The van der Waals surface area contributed by atoms with Gasteiger partial charge in [0, 0.05) is 0 Å². The van der Waals surface area contributed by atoms with Crippen molar-refractivity contribution in [3.05, 3.63) is 30.1 Å². The fraction of sp³-hybridized carbons (Fsp3) is 0.467. The molecule has 0 heterocycles. The zero-order valence-electron chi connectivity index (χ0n) is 12.1. The van der Waals surface area contributed by atoms with Crippen LogP contribution in [0.1, 0.15) is 33.1 Å². The largest absolute Gasteiger partial charge is 0.480 e. The van der Waals surface area contributed by atoms with Gasteiger partial charge in [-0.15, -0.1) is 0 Å². The van der Waals surface area contributed by atoms with E-state index in [1.165, 1.54) is 25.1 Å².